The molecule has 0 aliphatic rings. The van der Waals surface area contributed by atoms with Gasteiger partial charge in [0.1, 0.15) is 0 Å². The Bertz CT molecular complexity index is 1080. The largest absolute Gasteiger partial charge is 0.346 e. The molecule has 1 N–H and O–H groups in total. The number of hydrogen-bond donors (Lipinski definition) is 1. The van der Waals surface area contributed by atoms with Crippen LogP contribution in [0.15, 0.2) is 83.8 Å². The number of hydrogen-bond acceptors (Lipinski definition) is 3. The van der Waals surface area contributed by atoms with Gasteiger partial charge in [-0.05, 0) is 55.8 Å². The van der Waals surface area contributed by atoms with Crippen molar-refractivity contribution in [1.29, 1.82) is 0 Å². The fourth-order valence-corrected chi connectivity index (χ4v) is 4.13. The lowest BCUT2D eigenvalue weighted by Gasteiger charge is -2.20. The highest BCUT2D eigenvalue weighted by molar-refractivity contribution is 7.92. The van der Waals surface area contributed by atoms with Crippen LogP contribution >= 0.6 is 0 Å². The zero-order valence-corrected chi connectivity index (χ0v) is 17.5. The molecule has 1 amide bonds. The lowest BCUT2D eigenvalue weighted by Crippen LogP contribution is -2.28. The number of carbonyl (C=O) groups is 1. The van der Waals surface area contributed by atoms with Crippen molar-refractivity contribution >= 4 is 21.6 Å². The third-order valence-corrected chi connectivity index (χ3v) is 6.62. The smallest absolute Gasteiger partial charge is 0.264 e. The fourth-order valence-electron chi connectivity index (χ4n) is 2.93. The third-order valence-electron chi connectivity index (χ3n) is 4.82. The van der Waals surface area contributed by atoms with Gasteiger partial charge in [-0.15, -0.1) is 0 Å². The highest BCUT2D eigenvalue weighted by atomic mass is 32.2. The minimum atomic E-state index is -3.66. The summed E-state index contributed by atoms with van der Waals surface area (Å²) in [7, 11) is -2.16. The number of carbonyl (C=O) groups excluding carboxylic acids is 1. The van der Waals surface area contributed by atoms with Gasteiger partial charge in [-0.1, -0.05) is 48.0 Å². The number of rotatable bonds is 6. The second-order valence-electron chi connectivity index (χ2n) is 6.94. The van der Waals surface area contributed by atoms with Gasteiger partial charge in [-0.3, -0.25) is 9.10 Å². The molecule has 29 heavy (non-hydrogen) atoms. The van der Waals surface area contributed by atoms with Crippen molar-refractivity contribution in [3.05, 3.63) is 95.6 Å². The van der Waals surface area contributed by atoms with Crippen LogP contribution in [0.5, 0.6) is 0 Å². The second-order valence-corrected chi connectivity index (χ2v) is 8.91. The molecule has 0 bridgehead atoms. The Hall–Kier alpha value is -3.12. The first kappa shape index (κ1) is 20.6. The number of anilines is 1. The van der Waals surface area contributed by atoms with Crippen LogP contribution in [0.1, 0.15) is 34.5 Å². The van der Waals surface area contributed by atoms with Gasteiger partial charge in [0, 0.05) is 12.6 Å². The highest BCUT2D eigenvalue weighted by Gasteiger charge is 2.21. The van der Waals surface area contributed by atoms with E-state index in [4.69, 9.17) is 0 Å². The number of sulfonamides is 1. The number of nitrogens with zero attached hydrogens (tertiary/aromatic N) is 1. The van der Waals surface area contributed by atoms with Crippen molar-refractivity contribution in [2.45, 2.75) is 24.8 Å². The molecule has 0 saturated heterocycles. The van der Waals surface area contributed by atoms with Crippen LogP contribution in [-0.4, -0.2) is 21.4 Å². The van der Waals surface area contributed by atoms with Crippen molar-refractivity contribution in [3.8, 4) is 0 Å². The fraction of sp³-hybridized carbons (Fsp3) is 0.174. The monoisotopic (exact) mass is 408 g/mol. The predicted molar refractivity (Wildman–Crippen MR) is 116 cm³/mol. The Balaban J connectivity index is 1.73. The molecule has 3 aromatic carbocycles. The molecule has 0 aliphatic carbocycles. The number of nitrogens with one attached hydrogen (secondary N) is 1. The standard InChI is InChI=1S/C23H24N2O3S/c1-17-9-15-22(16-10-17)29(27,28)25(3)21-13-11-20(12-14-21)23(26)24-18(2)19-7-5-4-6-8-19/h4-16,18H,1-3H3,(H,24,26)/t18-/m1/s1. The van der Waals surface area contributed by atoms with Gasteiger partial charge in [0.05, 0.1) is 16.6 Å². The topological polar surface area (TPSA) is 66.5 Å². The lowest BCUT2D eigenvalue weighted by molar-refractivity contribution is 0.0940. The lowest BCUT2D eigenvalue weighted by atomic mass is 10.1. The molecule has 0 radical (unpaired) electrons. The van der Waals surface area contributed by atoms with Crippen LogP contribution in [0, 0.1) is 6.92 Å². The van der Waals surface area contributed by atoms with E-state index in [9.17, 15) is 13.2 Å². The Kier molecular flexibility index (Phi) is 6.03. The predicted octanol–water partition coefficient (Wildman–Crippen LogP) is 4.31. The van der Waals surface area contributed by atoms with Crippen LogP contribution < -0.4 is 9.62 Å². The maximum atomic E-state index is 12.8. The van der Waals surface area contributed by atoms with Crippen molar-refractivity contribution < 1.29 is 13.2 Å². The third kappa shape index (κ3) is 4.66. The summed E-state index contributed by atoms with van der Waals surface area (Å²) in [5.41, 5.74) is 2.96. The first-order chi connectivity index (χ1) is 13.8. The molecule has 0 aliphatic heterocycles. The minimum Gasteiger partial charge on any atom is -0.346 e. The van der Waals surface area contributed by atoms with E-state index in [0.29, 0.717) is 11.3 Å². The molecule has 0 unspecified atom stereocenters. The van der Waals surface area contributed by atoms with E-state index in [1.165, 1.54) is 11.4 Å². The van der Waals surface area contributed by atoms with Crippen molar-refractivity contribution in [2.24, 2.45) is 0 Å². The Morgan fingerprint density at radius 3 is 2.07 bits per heavy atom. The molecular formula is C23H24N2O3S. The molecule has 150 valence electrons. The molecule has 3 rings (SSSR count). The van der Waals surface area contributed by atoms with Gasteiger partial charge < -0.3 is 5.32 Å². The SMILES string of the molecule is Cc1ccc(S(=O)(=O)N(C)c2ccc(C(=O)N[C@H](C)c3ccccc3)cc2)cc1. The highest BCUT2D eigenvalue weighted by Crippen LogP contribution is 2.23. The van der Waals surface area contributed by atoms with E-state index >= 15 is 0 Å². The molecule has 6 heteroatoms. The normalized spacial score (nSPS) is 12.2. The summed E-state index contributed by atoms with van der Waals surface area (Å²) in [4.78, 5) is 12.7. The van der Waals surface area contributed by atoms with Gasteiger partial charge in [0.15, 0.2) is 0 Å². The summed E-state index contributed by atoms with van der Waals surface area (Å²) in [6.45, 7) is 3.83. The van der Waals surface area contributed by atoms with Crippen LogP contribution in [0.25, 0.3) is 0 Å². The second kappa shape index (κ2) is 8.49. The van der Waals surface area contributed by atoms with Crippen LogP contribution in [0.3, 0.4) is 0 Å². The Morgan fingerprint density at radius 1 is 0.897 bits per heavy atom. The zero-order valence-electron chi connectivity index (χ0n) is 16.7. The summed E-state index contributed by atoms with van der Waals surface area (Å²) < 4.78 is 26.8. The molecular weight excluding hydrogens is 384 g/mol. The molecule has 0 aromatic heterocycles. The average molecular weight is 409 g/mol. The molecule has 1 atom stereocenters. The summed E-state index contributed by atoms with van der Waals surface area (Å²) in [6.07, 6.45) is 0. The molecule has 5 nitrogen and oxygen atoms in total. The van der Waals surface area contributed by atoms with Gasteiger partial charge in [-0.2, -0.15) is 0 Å². The van der Waals surface area contributed by atoms with Crippen LogP contribution in [-0.2, 0) is 10.0 Å². The first-order valence-corrected chi connectivity index (χ1v) is 10.7. The van der Waals surface area contributed by atoms with E-state index < -0.39 is 10.0 Å². The summed E-state index contributed by atoms with van der Waals surface area (Å²) in [6, 6.07) is 22.8. The number of aryl methyl sites for hydroxylation is 1. The Labute approximate surface area is 172 Å². The van der Waals surface area contributed by atoms with E-state index in [1.54, 1.807) is 48.5 Å². The molecule has 3 aromatic rings. The summed E-state index contributed by atoms with van der Waals surface area (Å²) in [5.74, 6) is -0.211. The van der Waals surface area contributed by atoms with E-state index in [2.05, 4.69) is 5.32 Å². The quantitative estimate of drug-likeness (QED) is 0.661. The number of benzene rings is 3. The van der Waals surface area contributed by atoms with E-state index in [0.717, 1.165) is 11.1 Å². The van der Waals surface area contributed by atoms with Gasteiger partial charge in [-0.25, -0.2) is 8.42 Å². The maximum absolute atomic E-state index is 12.8. The van der Waals surface area contributed by atoms with Crippen LogP contribution in [0.4, 0.5) is 5.69 Å². The van der Waals surface area contributed by atoms with Crippen molar-refractivity contribution in [1.82, 2.24) is 5.32 Å². The summed E-state index contributed by atoms with van der Waals surface area (Å²) in [5, 5.41) is 2.95. The maximum Gasteiger partial charge on any atom is 0.264 e. The van der Waals surface area contributed by atoms with E-state index in [-0.39, 0.29) is 16.8 Å². The minimum absolute atomic E-state index is 0.132. The average Bonchev–Trinajstić information content (AvgIpc) is 2.74. The zero-order chi connectivity index (χ0) is 21.0. The van der Waals surface area contributed by atoms with Crippen molar-refractivity contribution in [2.75, 3.05) is 11.4 Å². The molecule has 0 heterocycles. The van der Waals surface area contributed by atoms with Gasteiger partial charge >= 0.3 is 0 Å². The van der Waals surface area contributed by atoms with Gasteiger partial charge in [0.25, 0.3) is 15.9 Å². The van der Waals surface area contributed by atoms with Crippen molar-refractivity contribution in [3.63, 3.8) is 0 Å². The molecule has 0 spiro atoms. The van der Waals surface area contributed by atoms with Gasteiger partial charge in [0.2, 0.25) is 0 Å². The number of amides is 1. The first-order valence-electron chi connectivity index (χ1n) is 9.30. The Morgan fingerprint density at radius 2 is 1.48 bits per heavy atom. The summed E-state index contributed by atoms with van der Waals surface area (Å²) >= 11 is 0. The molecule has 0 saturated carbocycles. The molecule has 0 fully saturated rings. The van der Waals surface area contributed by atoms with E-state index in [1.807, 2.05) is 44.2 Å². The van der Waals surface area contributed by atoms with Crippen LogP contribution in [0.2, 0.25) is 0 Å².